The van der Waals surface area contributed by atoms with Gasteiger partial charge in [-0.15, -0.1) is 0 Å². The Morgan fingerprint density at radius 1 is 0.933 bits per heavy atom. The van der Waals surface area contributed by atoms with E-state index in [1.165, 1.54) is 11.5 Å². The zero-order valence-corrected chi connectivity index (χ0v) is 17.5. The van der Waals surface area contributed by atoms with E-state index in [1.54, 1.807) is 0 Å². The number of aromatic nitrogens is 1. The Balaban J connectivity index is 1.53. The lowest BCUT2D eigenvalue weighted by atomic mass is 10.1. The second-order valence-electron chi connectivity index (χ2n) is 7.93. The van der Waals surface area contributed by atoms with Crippen LogP contribution in [-0.2, 0) is 7.05 Å². The average Bonchev–Trinajstić information content (AvgIpc) is 3.10. The number of benzene rings is 2. The third-order valence-electron chi connectivity index (χ3n) is 5.88. The summed E-state index contributed by atoms with van der Waals surface area (Å²) >= 11 is 0. The maximum Gasteiger partial charge on any atom is 0.374 e. The molecule has 3 aromatic rings. The number of anilines is 1. The first-order chi connectivity index (χ1) is 14.7. The van der Waals surface area contributed by atoms with Gasteiger partial charge in [-0.1, -0.05) is 30.3 Å². The molecule has 0 N–H and O–H groups in total. The maximum absolute atomic E-state index is 6.10. The monoisotopic (exact) mass is 399 g/mol. The number of fused-ring (bicyclic) bond motifs is 1. The van der Waals surface area contributed by atoms with Crippen LogP contribution in [0.5, 0.6) is 0 Å². The van der Waals surface area contributed by atoms with Crippen molar-refractivity contribution in [3.63, 3.8) is 0 Å². The van der Waals surface area contributed by atoms with Crippen LogP contribution in [0.2, 0.25) is 0 Å². The summed E-state index contributed by atoms with van der Waals surface area (Å²) in [5.41, 5.74) is 4.30. The Morgan fingerprint density at radius 2 is 1.67 bits per heavy atom. The molecule has 1 fully saturated rings. The van der Waals surface area contributed by atoms with Gasteiger partial charge in [-0.2, -0.15) is 4.57 Å². The number of allylic oxidation sites excluding steroid dienone is 3. The van der Waals surface area contributed by atoms with E-state index >= 15 is 0 Å². The second kappa shape index (κ2) is 7.84. The Labute approximate surface area is 177 Å². The van der Waals surface area contributed by atoms with Gasteiger partial charge in [0.05, 0.1) is 6.08 Å². The minimum atomic E-state index is 0.845. The van der Waals surface area contributed by atoms with E-state index in [1.807, 2.05) is 25.2 Å². The molecule has 2 aliphatic rings. The molecule has 1 saturated heterocycles. The Hall–Kier alpha value is -3.31. The molecule has 0 unspecified atom stereocenters. The van der Waals surface area contributed by atoms with Crippen LogP contribution in [0.15, 0.2) is 88.8 Å². The largest absolute Gasteiger partial charge is 0.398 e. The highest BCUT2D eigenvalue weighted by molar-refractivity contribution is 5.70. The molecule has 0 bridgehead atoms. The molecule has 0 spiro atoms. The van der Waals surface area contributed by atoms with Crippen molar-refractivity contribution in [2.24, 2.45) is 7.05 Å². The van der Waals surface area contributed by atoms with Crippen molar-refractivity contribution in [1.82, 2.24) is 9.80 Å². The van der Waals surface area contributed by atoms with Crippen molar-refractivity contribution in [3.05, 3.63) is 90.2 Å². The molecular weight excluding hydrogens is 372 g/mol. The van der Waals surface area contributed by atoms with Gasteiger partial charge in [0.25, 0.3) is 5.52 Å². The van der Waals surface area contributed by atoms with Gasteiger partial charge >= 0.3 is 5.89 Å². The smallest absolute Gasteiger partial charge is 0.374 e. The van der Waals surface area contributed by atoms with Crippen LogP contribution < -0.4 is 9.47 Å². The van der Waals surface area contributed by atoms with Crippen LogP contribution >= 0.6 is 0 Å². The summed E-state index contributed by atoms with van der Waals surface area (Å²) < 4.78 is 8.20. The Morgan fingerprint density at radius 3 is 2.43 bits per heavy atom. The van der Waals surface area contributed by atoms with E-state index in [-0.39, 0.29) is 0 Å². The van der Waals surface area contributed by atoms with Crippen LogP contribution in [0, 0.1) is 0 Å². The van der Waals surface area contributed by atoms with Crippen LogP contribution in [0.1, 0.15) is 5.89 Å². The van der Waals surface area contributed by atoms with E-state index < -0.39 is 0 Å². The second-order valence-corrected chi connectivity index (χ2v) is 7.93. The minimum Gasteiger partial charge on any atom is -0.398 e. The van der Waals surface area contributed by atoms with Gasteiger partial charge in [0.2, 0.25) is 5.58 Å². The molecule has 0 radical (unpaired) electrons. The van der Waals surface area contributed by atoms with Gasteiger partial charge in [0.15, 0.2) is 0 Å². The first-order valence-corrected chi connectivity index (χ1v) is 10.5. The molecule has 5 rings (SSSR count). The molecule has 1 aromatic heterocycles. The predicted octanol–water partition coefficient (Wildman–Crippen LogP) is 3.76. The quantitative estimate of drug-likeness (QED) is 0.627. The molecule has 152 valence electrons. The van der Waals surface area contributed by atoms with Crippen LogP contribution in [-0.4, -0.2) is 43.0 Å². The lowest BCUT2D eigenvalue weighted by molar-refractivity contribution is -0.652. The summed E-state index contributed by atoms with van der Waals surface area (Å²) in [4.78, 5) is 7.14. The summed E-state index contributed by atoms with van der Waals surface area (Å²) in [7, 11) is 4.24. The van der Waals surface area contributed by atoms with Crippen molar-refractivity contribution in [1.29, 1.82) is 0 Å². The van der Waals surface area contributed by atoms with Crippen LogP contribution in [0.4, 0.5) is 5.69 Å². The van der Waals surface area contributed by atoms with Crippen molar-refractivity contribution in [2.45, 2.75) is 0 Å². The minimum absolute atomic E-state index is 0.845. The van der Waals surface area contributed by atoms with E-state index in [2.05, 4.69) is 87.1 Å². The Kier molecular flexibility index (Phi) is 4.89. The van der Waals surface area contributed by atoms with Gasteiger partial charge in [0, 0.05) is 44.1 Å². The summed E-state index contributed by atoms with van der Waals surface area (Å²) in [5, 5.41) is 0. The fourth-order valence-corrected chi connectivity index (χ4v) is 4.07. The molecule has 0 aliphatic carbocycles. The molecule has 2 aliphatic heterocycles. The fourth-order valence-electron chi connectivity index (χ4n) is 4.07. The number of oxazole rings is 1. The standard InChI is InChI=1S/C25H27N4O/c1-26-14-16-28(17-15-26)24-18-20(12-13-29(24)21-8-4-3-5-9-21)19-25-27(2)22-10-6-7-11-23(22)30-25/h3-13,18-19H,14-17H2,1-2H3/q+1. The van der Waals surface area contributed by atoms with Crippen molar-refractivity contribution in [3.8, 4) is 0 Å². The number of hydrogen-bond acceptors (Lipinski definition) is 4. The molecule has 5 nitrogen and oxygen atoms in total. The highest BCUT2D eigenvalue weighted by atomic mass is 16.3. The molecule has 5 heteroatoms. The van der Waals surface area contributed by atoms with E-state index in [9.17, 15) is 0 Å². The zero-order valence-electron chi connectivity index (χ0n) is 17.5. The average molecular weight is 400 g/mol. The number of para-hydroxylation sites is 3. The van der Waals surface area contributed by atoms with Gasteiger partial charge in [-0.05, 0) is 43.0 Å². The van der Waals surface area contributed by atoms with Gasteiger partial charge in [0.1, 0.15) is 12.9 Å². The Bertz CT molecular complexity index is 1130. The van der Waals surface area contributed by atoms with Gasteiger partial charge < -0.3 is 19.1 Å². The van der Waals surface area contributed by atoms with Gasteiger partial charge in [-0.25, -0.2) is 0 Å². The number of piperazine rings is 1. The molecule has 0 amide bonds. The number of aryl methyl sites for hydroxylation is 1. The number of hydrogen-bond donors (Lipinski definition) is 0. The molecular formula is C25H27N4O+. The molecule has 30 heavy (non-hydrogen) atoms. The first-order valence-electron chi connectivity index (χ1n) is 10.5. The fraction of sp³-hybridized carbons (Fsp3) is 0.240. The normalized spacial score (nSPS) is 19.0. The summed E-state index contributed by atoms with van der Waals surface area (Å²) in [5.74, 6) is 2.06. The lowest BCUT2D eigenvalue weighted by Crippen LogP contribution is -2.47. The highest BCUT2D eigenvalue weighted by Crippen LogP contribution is 2.28. The molecule has 2 aromatic carbocycles. The number of nitrogens with zero attached hydrogens (tertiary/aromatic N) is 4. The predicted molar refractivity (Wildman–Crippen MR) is 121 cm³/mol. The first kappa shape index (κ1) is 18.7. The zero-order chi connectivity index (χ0) is 20.5. The van der Waals surface area contributed by atoms with E-state index in [4.69, 9.17) is 4.42 Å². The maximum atomic E-state index is 6.10. The van der Waals surface area contributed by atoms with Crippen LogP contribution in [0.25, 0.3) is 17.2 Å². The SMILES string of the molecule is CN1CCN(C2=CC(=Cc3oc4ccccc4[n+]3C)C=CN2c2ccccc2)CC1. The summed E-state index contributed by atoms with van der Waals surface area (Å²) in [6.07, 6.45) is 8.71. The topological polar surface area (TPSA) is 26.7 Å². The van der Waals surface area contributed by atoms with Gasteiger partial charge in [-0.3, -0.25) is 0 Å². The number of likely N-dealkylation sites (N-methyl/N-ethyl adjacent to an activating group) is 1. The lowest BCUT2D eigenvalue weighted by Gasteiger charge is -2.40. The summed E-state index contributed by atoms with van der Waals surface area (Å²) in [6, 6.07) is 18.7. The molecule has 3 heterocycles. The number of rotatable bonds is 3. The highest BCUT2D eigenvalue weighted by Gasteiger charge is 2.24. The third-order valence-corrected chi connectivity index (χ3v) is 5.88. The van der Waals surface area contributed by atoms with Crippen molar-refractivity contribution >= 4 is 22.9 Å². The van der Waals surface area contributed by atoms with E-state index in [0.29, 0.717) is 0 Å². The molecule has 0 saturated carbocycles. The van der Waals surface area contributed by atoms with Crippen LogP contribution in [0.3, 0.4) is 0 Å². The van der Waals surface area contributed by atoms with Crippen molar-refractivity contribution in [2.75, 3.05) is 38.1 Å². The summed E-state index contributed by atoms with van der Waals surface area (Å²) in [6.45, 7) is 4.18. The van der Waals surface area contributed by atoms with E-state index in [0.717, 1.165) is 48.7 Å². The van der Waals surface area contributed by atoms with Crippen molar-refractivity contribution < 1.29 is 8.98 Å². The molecule has 0 atom stereocenters. The third kappa shape index (κ3) is 3.53.